The number of amidine groups is 1. The molecule has 0 fully saturated rings. The highest BCUT2D eigenvalue weighted by molar-refractivity contribution is 7.18. The fraction of sp³-hybridized carbons (Fsp3) is 0.250. The highest BCUT2D eigenvalue weighted by Gasteiger charge is 2.12. The molecule has 0 unspecified atom stereocenters. The molecule has 3 rings (SSSR count). The van der Waals surface area contributed by atoms with E-state index < -0.39 is 0 Å². The largest absolute Gasteiger partial charge is 0.476 e. The van der Waals surface area contributed by atoms with E-state index in [9.17, 15) is 0 Å². The Kier molecular flexibility index (Phi) is 4.31. The number of nitrogens with zero attached hydrogens (tertiary/aromatic N) is 3. The minimum Gasteiger partial charge on any atom is -0.476 e. The van der Waals surface area contributed by atoms with Gasteiger partial charge in [-0.2, -0.15) is 5.10 Å². The lowest BCUT2D eigenvalue weighted by Gasteiger charge is -2.12. The van der Waals surface area contributed by atoms with E-state index in [1.807, 2.05) is 43.7 Å². The molecule has 0 bridgehead atoms. The standard InChI is InChI=1S/C16H19N5OS/c1-21(2)6-7-22-16-12-5-8-23-14(12)11-4-3-10(15(17)20-18)9-13(11)19-16/h3-5,8-9H,6-7,18H2,1-2H3,(H2,17,20). The second-order valence-corrected chi connectivity index (χ2v) is 6.39. The number of fused-ring (bicyclic) bond motifs is 3. The molecular weight excluding hydrogens is 310 g/mol. The summed E-state index contributed by atoms with van der Waals surface area (Å²) in [6, 6.07) is 7.83. The van der Waals surface area contributed by atoms with Gasteiger partial charge in [-0.15, -0.1) is 11.3 Å². The maximum atomic E-state index is 5.89. The van der Waals surface area contributed by atoms with Crippen LogP contribution in [0.25, 0.3) is 21.0 Å². The van der Waals surface area contributed by atoms with Gasteiger partial charge < -0.3 is 21.2 Å². The second-order valence-electron chi connectivity index (χ2n) is 5.48. The molecule has 120 valence electrons. The lowest BCUT2D eigenvalue weighted by Crippen LogP contribution is -2.19. The van der Waals surface area contributed by atoms with Crippen molar-refractivity contribution in [3.05, 3.63) is 35.2 Å². The summed E-state index contributed by atoms with van der Waals surface area (Å²) in [7, 11) is 4.02. The molecule has 0 aliphatic carbocycles. The minimum atomic E-state index is 0.287. The van der Waals surface area contributed by atoms with Crippen LogP contribution in [-0.4, -0.2) is 43.0 Å². The van der Waals surface area contributed by atoms with Gasteiger partial charge in [-0.25, -0.2) is 4.98 Å². The molecule has 7 heteroatoms. The fourth-order valence-corrected chi connectivity index (χ4v) is 3.26. The third kappa shape index (κ3) is 3.06. The normalized spacial score (nSPS) is 12.4. The highest BCUT2D eigenvalue weighted by atomic mass is 32.1. The smallest absolute Gasteiger partial charge is 0.222 e. The number of pyridine rings is 1. The van der Waals surface area contributed by atoms with E-state index in [0.717, 1.165) is 33.1 Å². The molecule has 0 aliphatic rings. The summed E-state index contributed by atoms with van der Waals surface area (Å²) in [5, 5.41) is 7.70. The van der Waals surface area contributed by atoms with Crippen LogP contribution >= 0.6 is 11.3 Å². The number of hydrogen-bond donors (Lipinski definition) is 2. The number of thiophene rings is 1. The Hall–Kier alpha value is -2.38. The number of ether oxygens (including phenoxy) is 1. The zero-order valence-electron chi connectivity index (χ0n) is 13.1. The molecule has 0 amide bonds. The van der Waals surface area contributed by atoms with Gasteiger partial charge in [-0.05, 0) is 31.6 Å². The molecule has 3 aromatic rings. The van der Waals surface area contributed by atoms with Crippen molar-refractivity contribution in [3.63, 3.8) is 0 Å². The number of benzene rings is 1. The summed E-state index contributed by atoms with van der Waals surface area (Å²) in [4.78, 5) is 6.74. The number of hydrazone groups is 1. The predicted molar refractivity (Wildman–Crippen MR) is 96.1 cm³/mol. The lowest BCUT2D eigenvalue weighted by molar-refractivity contribution is 0.257. The molecule has 0 saturated carbocycles. The van der Waals surface area contributed by atoms with Crippen LogP contribution in [0.1, 0.15) is 5.56 Å². The Morgan fingerprint density at radius 1 is 1.30 bits per heavy atom. The third-order valence-corrected chi connectivity index (χ3v) is 4.52. The van der Waals surface area contributed by atoms with Crippen LogP contribution in [0, 0.1) is 0 Å². The van der Waals surface area contributed by atoms with E-state index in [2.05, 4.69) is 15.0 Å². The lowest BCUT2D eigenvalue weighted by atomic mass is 10.1. The van der Waals surface area contributed by atoms with Crippen LogP contribution in [0.5, 0.6) is 5.88 Å². The predicted octanol–water partition coefficient (Wildman–Crippen LogP) is 1.97. The zero-order valence-corrected chi connectivity index (χ0v) is 13.9. The van der Waals surface area contributed by atoms with Crippen molar-refractivity contribution < 1.29 is 4.74 Å². The number of rotatable bonds is 5. The van der Waals surface area contributed by atoms with Gasteiger partial charge in [0.05, 0.1) is 10.9 Å². The van der Waals surface area contributed by atoms with Crippen LogP contribution in [-0.2, 0) is 0 Å². The summed E-state index contributed by atoms with van der Waals surface area (Å²) < 4.78 is 7.05. The van der Waals surface area contributed by atoms with Gasteiger partial charge in [-0.3, -0.25) is 0 Å². The van der Waals surface area contributed by atoms with E-state index in [1.54, 1.807) is 11.3 Å². The maximum absolute atomic E-state index is 5.89. The van der Waals surface area contributed by atoms with Crippen molar-refractivity contribution in [1.82, 2.24) is 9.88 Å². The maximum Gasteiger partial charge on any atom is 0.222 e. The van der Waals surface area contributed by atoms with E-state index in [-0.39, 0.29) is 5.84 Å². The van der Waals surface area contributed by atoms with Crippen LogP contribution < -0.4 is 16.3 Å². The molecule has 0 atom stereocenters. The van der Waals surface area contributed by atoms with Gasteiger partial charge >= 0.3 is 0 Å². The molecule has 2 heterocycles. The number of likely N-dealkylation sites (N-methyl/N-ethyl adjacent to an activating group) is 1. The number of aromatic nitrogens is 1. The van der Waals surface area contributed by atoms with Gasteiger partial charge in [0, 0.05) is 22.2 Å². The molecule has 23 heavy (non-hydrogen) atoms. The average molecular weight is 329 g/mol. The molecule has 0 aliphatic heterocycles. The number of nitrogens with two attached hydrogens (primary N) is 2. The van der Waals surface area contributed by atoms with Crippen LogP contribution in [0.2, 0.25) is 0 Å². The summed E-state index contributed by atoms with van der Waals surface area (Å²) in [6.45, 7) is 1.42. The molecule has 1 aromatic carbocycles. The Bertz CT molecular complexity index is 871. The SMILES string of the molecule is CN(C)CCOc1nc2cc(/C(N)=N/N)ccc2c2sccc12. The quantitative estimate of drug-likeness (QED) is 0.323. The molecular formula is C16H19N5OS. The van der Waals surface area contributed by atoms with Crippen molar-refractivity contribution in [2.45, 2.75) is 0 Å². The van der Waals surface area contributed by atoms with E-state index in [0.29, 0.717) is 12.5 Å². The molecule has 0 saturated heterocycles. The average Bonchev–Trinajstić information content (AvgIpc) is 3.03. The van der Waals surface area contributed by atoms with Gasteiger partial charge in [0.1, 0.15) is 12.4 Å². The van der Waals surface area contributed by atoms with Crippen molar-refractivity contribution >= 4 is 38.2 Å². The first-order chi connectivity index (χ1) is 11.1. The monoisotopic (exact) mass is 329 g/mol. The molecule has 0 spiro atoms. The van der Waals surface area contributed by atoms with Crippen LogP contribution in [0.15, 0.2) is 34.7 Å². The Morgan fingerprint density at radius 3 is 2.87 bits per heavy atom. The second kappa shape index (κ2) is 6.39. The Labute approximate surface area is 138 Å². The fourth-order valence-electron chi connectivity index (χ4n) is 2.34. The summed E-state index contributed by atoms with van der Waals surface area (Å²) in [6.07, 6.45) is 0. The first-order valence-corrected chi connectivity index (χ1v) is 8.10. The van der Waals surface area contributed by atoms with Gasteiger partial charge in [0.15, 0.2) is 0 Å². The first kappa shape index (κ1) is 15.5. The van der Waals surface area contributed by atoms with Crippen molar-refractivity contribution in [2.75, 3.05) is 27.2 Å². The summed E-state index contributed by atoms with van der Waals surface area (Å²) in [5.74, 6) is 6.20. The number of hydrogen-bond acceptors (Lipinski definition) is 6. The highest BCUT2D eigenvalue weighted by Crippen LogP contribution is 2.34. The third-order valence-electron chi connectivity index (χ3n) is 3.57. The van der Waals surface area contributed by atoms with Crippen molar-refractivity contribution in [1.29, 1.82) is 0 Å². The molecule has 6 nitrogen and oxygen atoms in total. The van der Waals surface area contributed by atoms with Gasteiger partial charge in [0.25, 0.3) is 0 Å². The van der Waals surface area contributed by atoms with Crippen LogP contribution in [0.3, 0.4) is 0 Å². The van der Waals surface area contributed by atoms with E-state index in [1.165, 1.54) is 0 Å². The van der Waals surface area contributed by atoms with Crippen molar-refractivity contribution in [3.8, 4) is 5.88 Å². The van der Waals surface area contributed by atoms with Gasteiger partial charge in [-0.1, -0.05) is 12.1 Å². The summed E-state index contributed by atoms with van der Waals surface area (Å²) in [5.41, 5.74) is 7.37. The van der Waals surface area contributed by atoms with Crippen LogP contribution in [0.4, 0.5) is 0 Å². The molecule has 4 N–H and O–H groups in total. The van der Waals surface area contributed by atoms with E-state index in [4.69, 9.17) is 16.3 Å². The van der Waals surface area contributed by atoms with E-state index >= 15 is 0 Å². The first-order valence-electron chi connectivity index (χ1n) is 7.22. The molecule has 0 radical (unpaired) electrons. The Morgan fingerprint density at radius 2 is 2.13 bits per heavy atom. The van der Waals surface area contributed by atoms with Crippen molar-refractivity contribution in [2.24, 2.45) is 16.7 Å². The topological polar surface area (TPSA) is 89.8 Å². The summed E-state index contributed by atoms with van der Waals surface area (Å²) >= 11 is 1.67. The zero-order chi connectivity index (χ0) is 16.4. The minimum absolute atomic E-state index is 0.287. The Balaban J connectivity index is 2.08. The molecule has 2 aromatic heterocycles. The van der Waals surface area contributed by atoms with Gasteiger partial charge in [0.2, 0.25) is 5.88 Å².